The Balaban J connectivity index is 1.85. The fraction of sp³-hybridized carbons (Fsp3) is 0.214. The zero-order valence-electron chi connectivity index (χ0n) is 10.5. The molecule has 2 unspecified atom stereocenters. The van der Waals surface area contributed by atoms with Crippen LogP contribution in [0.15, 0.2) is 41.4 Å². The summed E-state index contributed by atoms with van der Waals surface area (Å²) in [5.41, 5.74) is 6.30. The number of para-hydroxylation sites is 1. The fourth-order valence-electron chi connectivity index (χ4n) is 2.09. The van der Waals surface area contributed by atoms with Crippen molar-refractivity contribution in [2.75, 3.05) is 11.5 Å². The molecule has 2 aromatic rings. The van der Waals surface area contributed by atoms with Crippen molar-refractivity contribution in [2.24, 2.45) is 0 Å². The molecule has 0 fully saturated rings. The molecule has 1 aliphatic rings. The maximum absolute atomic E-state index is 10.5. The van der Waals surface area contributed by atoms with Crippen molar-refractivity contribution >= 4 is 29.2 Å². The Kier molecular flexibility index (Phi) is 3.74. The first kappa shape index (κ1) is 13.5. The molecule has 0 radical (unpaired) electrons. The Morgan fingerprint density at radius 2 is 2.25 bits per heavy atom. The van der Waals surface area contributed by atoms with Crippen LogP contribution in [0.1, 0.15) is 11.7 Å². The van der Waals surface area contributed by atoms with Gasteiger partial charge in [-0.3, -0.25) is 0 Å². The van der Waals surface area contributed by atoms with E-state index in [1.54, 1.807) is 17.8 Å². The van der Waals surface area contributed by atoms with E-state index in [9.17, 15) is 5.11 Å². The average molecular weight is 309 g/mol. The highest BCUT2D eigenvalue weighted by Gasteiger charge is 2.29. The molecule has 0 saturated carbocycles. The smallest absolute Gasteiger partial charge is 0.138 e. The SMILES string of the molecule is Nc1ncc(Cl)cc1C(O)C1CSc2ccccc2O1. The van der Waals surface area contributed by atoms with Crippen molar-refractivity contribution < 1.29 is 9.84 Å². The summed E-state index contributed by atoms with van der Waals surface area (Å²) in [6, 6.07) is 9.38. The predicted octanol–water partition coefficient (Wildman–Crippen LogP) is 2.90. The van der Waals surface area contributed by atoms with E-state index < -0.39 is 6.10 Å². The van der Waals surface area contributed by atoms with Gasteiger partial charge in [-0.15, -0.1) is 11.8 Å². The third-order valence-corrected chi connectivity index (χ3v) is 4.47. The molecular weight excluding hydrogens is 296 g/mol. The number of hydrogen-bond acceptors (Lipinski definition) is 5. The van der Waals surface area contributed by atoms with Gasteiger partial charge in [0.25, 0.3) is 0 Å². The fourth-order valence-corrected chi connectivity index (χ4v) is 3.29. The number of fused-ring (bicyclic) bond motifs is 1. The van der Waals surface area contributed by atoms with Crippen molar-refractivity contribution in [1.82, 2.24) is 4.98 Å². The second-order valence-electron chi connectivity index (χ2n) is 4.49. The predicted molar refractivity (Wildman–Crippen MR) is 80.2 cm³/mol. The lowest BCUT2D eigenvalue weighted by molar-refractivity contribution is 0.0460. The van der Waals surface area contributed by atoms with Gasteiger partial charge in [0.2, 0.25) is 0 Å². The second kappa shape index (κ2) is 5.52. The summed E-state index contributed by atoms with van der Waals surface area (Å²) in [4.78, 5) is 5.04. The number of aliphatic hydroxyl groups is 1. The van der Waals surface area contributed by atoms with Crippen LogP contribution in [0.5, 0.6) is 5.75 Å². The van der Waals surface area contributed by atoms with E-state index in [1.165, 1.54) is 6.20 Å². The standard InChI is InChI=1S/C14H13ClN2O2S/c15-8-5-9(14(16)17-6-8)13(18)11-7-20-12-4-2-1-3-10(12)19-11/h1-6,11,13,18H,7H2,(H2,16,17). The van der Waals surface area contributed by atoms with Gasteiger partial charge in [-0.1, -0.05) is 23.7 Å². The van der Waals surface area contributed by atoms with Crippen LogP contribution in [0.25, 0.3) is 0 Å². The summed E-state index contributed by atoms with van der Waals surface area (Å²) >= 11 is 7.56. The summed E-state index contributed by atoms with van der Waals surface area (Å²) in [5, 5.41) is 10.9. The molecule has 2 heterocycles. The number of hydrogen-bond donors (Lipinski definition) is 2. The van der Waals surface area contributed by atoms with E-state index >= 15 is 0 Å². The number of anilines is 1. The molecule has 0 amide bonds. The molecule has 104 valence electrons. The lowest BCUT2D eigenvalue weighted by Crippen LogP contribution is -2.31. The molecule has 1 aliphatic heterocycles. The first-order valence-electron chi connectivity index (χ1n) is 6.12. The van der Waals surface area contributed by atoms with Crippen LogP contribution in [0, 0.1) is 0 Å². The molecule has 0 aliphatic carbocycles. The van der Waals surface area contributed by atoms with Crippen molar-refractivity contribution in [1.29, 1.82) is 0 Å². The highest BCUT2D eigenvalue weighted by Crippen LogP contribution is 2.39. The number of nitrogens with two attached hydrogens (primary N) is 1. The first-order chi connectivity index (χ1) is 9.65. The molecule has 2 atom stereocenters. The monoisotopic (exact) mass is 308 g/mol. The number of thioether (sulfide) groups is 1. The molecule has 4 nitrogen and oxygen atoms in total. The lowest BCUT2D eigenvalue weighted by atomic mass is 10.1. The van der Waals surface area contributed by atoms with Gasteiger partial charge in [-0.2, -0.15) is 0 Å². The molecule has 1 aromatic heterocycles. The van der Waals surface area contributed by atoms with Gasteiger partial charge in [0.1, 0.15) is 23.8 Å². The largest absolute Gasteiger partial charge is 0.485 e. The van der Waals surface area contributed by atoms with E-state index in [1.807, 2.05) is 24.3 Å². The van der Waals surface area contributed by atoms with Crippen LogP contribution in [-0.4, -0.2) is 21.9 Å². The first-order valence-corrected chi connectivity index (χ1v) is 7.49. The van der Waals surface area contributed by atoms with Crippen LogP contribution in [0.4, 0.5) is 5.82 Å². The summed E-state index contributed by atoms with van der Waals surface area (Å²) < 4.78 is 5.85. The maximum Gasteiger partial charge on any atom is 0.138 e. The summed E-state index contributed by atoms with van der Waals surface area (Å²) in [6.45, 7) is 0. The summed E-state index contributed by atoms with van der Waals surface area (Å²) in [5.74, 6) is 1.69. The van der Waals surface area contributed by atoms with Crippen molar-refractivity contribution in [3.8, 4) is 5.75 Å². The van der Waals surface area contributed by atoms with Crippen molar-refractivity contribution in [3.05, 3.63) is 47.1 Å². The third-order valence-electron chi connectivity index (χ3n) is 3.12. The molecular formula is C14H13ClN2O2S. The lowest BCUT2D eigenvalue weighted by Gasteiger charge is -2.29. The highest BCUT2D eigenvalue weighted by molar-refractivity contribution is 7.99. The number of nitrogen functional groups attached to an aromatic ring is 1. The number of ether oxygens (including phenoxy) is 1. The minimum absolute atomic E-state index is 0.273. The number of benzene rings is 1. The van der Waals surface area contributed by atoms with Crippen LogP contribution >= 0.6 is 23.4 Å². The van der Waals surface area contributed by atoms with Crippen LogP contribution in [-0.2, 0) is 0 Å². The molecule has 3 N–H and O–H groups in total. The highest BCUT2D eigenvalue weighted by atomic mass is 35.5. The van der Waals surface area contributed by atoms with Gasteiger partial charge in [0.05, 0.1) is 5.02 Å². The van der Waals surface area contributed by atoms with E-state index in [-0.39, 0.29) is 11.9 Å². The molecule has 6 heteroatoms. The zero-order valence-corrected chi connectivity index (χ0v) is 12.1. The van der Waals surface area contributed by atoms with Gasteiger partial charge in [-0.05, 0) is 18.2 Å². The van der Waals surface area contributed by atoms with Gasteiger partial charge in [-0.25, -0.2) is 4.98 Å². The quantitative estimate of drug-likeness (QED) is 0.893. The van der Waals surface area contributed by atoms with E-state index in [2.05, 4.69) is 4.98 Å². The van der Waals surface area contributed by atoms with Crippen molar-refractivity contribution in [3.63, 3.8) is 0 Å². The number of rotatable bonds is 2. The minimum Gasteiger partial charge on any atom is -0.485 e. The zero-order chi connectivity index (χ0) is 14.1. The third kappa shape index (κ3) is 2.57. The molecule has 20 heavy (non-hydrogen) atoms. The van der Waals surface area contributed by atoms with Gasteiger partial charge in [0, 0.05) is 22.4 Å². The molecule has 1 aromatic carbocycles. The summed E-state index contributed by atoms with van der Waals surface area (Å²) in [7, 11) is 0. The number of halogens is 1. The Hall–Kier alpha value is -1.43. The second-order valence-corrected chi connectivity index (χ2v) is 5.99. The van der Waals surface area contributed by atoms with Gasteiger partial charge < -0.3 is 15.6 Å². The van der Waals surface area contributed by atoms with Gasteiger partial charge in [0.15, 0.2) is 0 Å². The Morgan fingerprint density at radius 1 is 1.45 bits per heavy atom. The van der Waals surface area contributed by atoms with E-state index in [4.69, 9.17) is 22.1 Å². The number of nitrogens with zero attached hydrogens (tertiary/aromatic N) is 1. The minimum atomic E-state index is -0.859. The van der Waals surface area contributed by atoms with E-state index in [0.29, 0.717) is 16.3 Å². The average Bonchev–Trinajstić information content (AvgIpc) is 2.48. The molecule has 0 saturated heterocycles. The molecule has 3 rings (SSSR count). The Labute approximate surface area is 125 Å². The van der Waals surface area contributed by atoms with Crippen molar-refractivity contribution in [2.45, 2.75) is 17.1 Å². The van der Waals surface area contributed by atoms with E-state index in [0.717, 1.165) is 10.6 Å². The van der Waals surface area contributed by atoms with Crippen LogP contribution in [0.3, 0.4) is 0 Å². The van der Waals surface area contributed by atoms with Crippen LogP contribution < -0.4 is 10.5 Å². The topological polar surface area (TPSA) is 68.4 Å². The maximum atomic E-state index is 10.5. The van der Waals surface area contributed by atoms with Gasteiger partial charge >= 0.3 is 0 Å². The Bertz CT molecular complexity index is 638. The Morgan fingerprint density at radius 3 is 3.10 bits per heavy atom. The molecule has 0 spiro atoms. The van der Waals surface area contributed by atoms with Crippen LogP contribution in [0.2, 0.25) is 5.02 Å². The number of aromatic nitrogens is 1. The summed E-state index contributed by atoms with van der Waals surface area (Å²) in [6.07, 6.45) is 0.221. The number of pyridine rings is 1. The normalized spacial score (nSPS) is 19.0. The number of aliphatic hydroxyl groups excluding tert-OH is 1. The molecule has 0 bridgehead atoms.